The van der Waals surface area contributed by atoms with Crippen molar-refractivity contribution in [2.75, 3.05) is 12.1 Å². The molecule has 0 aromatic heterocycles. The van der Waals surface area contributed by atoms with Crippen molar-refractivity contribution in [1.29, 1.82) is 0 Å². The fourth-order valence-electron chi connectivity index (χ4n) is 2.43. The van der Waals surface area contributed by atoms with Gasteiger partial charge in [-0.2, -0.15) is 10.1 Å². The summed E-state index contributed by atoms with van der Waals surface area (Å²) in [6, 6.07) is 16.6. The van der Waals surface area contributed by atoms with Crippen LogP contribution >= 0.6 is 15.9 Å². The van der Waals surface area contributed by atoms with E-state index in [9.17, 15) is 9.59 Å². The Morgan fingerprint density at radius 1 is 1.16 bits per heavy atom. The number of carbonyl (C=O) groups excluding carboxylic acids is 2. The van der Waals surface area contributed by atoms with Gasteiger partial charge < -0.3 is 4.74 Å². The molecule has 2 aromatic rings. The molecule has 0 N–H and O–H groups in total. The van der Waals surface area contributed by atoms with E-state index in [0.717, 1.165) is 10.0 Å². The first-order valence-electron chi connectivity index (χ1n) is 7.60. The van der Waals surface area contributed by atoms with E-state index in [1.807, 2.05) is 42.5 Å². The van der Waals surface area contributed by atoms with Crippen molar-refractivity contribution in [2.24, 2.45) is 5.10 Å². The lowest BCUT2D eigenvalue weighted by molar-refractivity contribution is -0.139. The van der Waals surface area contributed by atoms with E-state index in [2.05, 4.69) is 21.0 Å². The second-order valence-electron chi connectivity index (χ2n) is 5.33. The topological polar surface area (TPSA) is 59.0 Å². The van der Waals surface area contributed by atoms with E-state index in [1.54, 1.807) is 18.2 Å². The minimum atomic E-state index is -0.445. The Hall–Kier alpha value is -2.73. The van der Waals surface area contributed by atoms with Crippen LogP contribution in [0.2, 0.25) is 0 Å². The molecule has 6 heteroatoms. The highest BCUT2D eigenvalue weighted by molar-refractivity contribution is 9.10. The number of para-hydroxylation sites is 1. The molecule has 5 nitrogen and oxygen atoms in total. The van der Waals surface area contributed by atoms with Crippen molar-refractivity contribution >= 4 is 45.3 Å². The van der Waals surface area contributed by atoms with Gasteiger partial charge in [0.2, 0.25) is 0 Å². The number of benzene rings is 2. The fourth-order valence-corrected chi connectivity index (χ4v) is 2.83. The molecular formula is C19H15BrN2O3. The number of carbonyl (C=O) groups is 2. The molecule has 0 radical (unpaired) electrons. The first kappa shape index (κ1) is 17.1. The predicted molar refractivity (Wildman–Crippen MR) is 100 cm³/mol. The zero-order valence-corrected chi connectivity index (χ0v) is 15.1. The van der Waals surface area contributed by atoms with Crippen molar-refractivity contribution in [1.82, 2.24) is 0 Å². The van der Waals surface area contributed by atoms with Crippen LogP contribution in [0.3, 0.4) is 0 Å². The molecule has 0 fully saturated rings. The van der Waals surface area contributed by atoms with Crippen LogP contribution in [-0.4, -0.2) is 24.7 Å². The Morgan fingerprint density at radius 2 is 1.84 bits per heavy atom. The highest BCUT2D eigenvalue weighted by Gasteiger charge is 2.32. The molecule has 0 saturated carbocycles. The number of anilines is 1. The van der Waals surface area contributed by atoms with E-state index in [0.29, 0.717) is 17.0 Å². The molecule has 0 spiro atoms. The Bertz CT molecular complexity index is 875. The molecule has 25 heavy (non-hydrogen) atoms. The van der Waals surface area contributed by atoms with Gasteiger partial charge in [0.05, 0.1) is 30.5 Å². The molecule has 0 bridgehead atoms. The molecule has 126 valence electrons. The lowest BCUT2D eigenvalue weighted by Gasteiger charge is -2.11. The monoisotopic (exact) mass is 398 g/mol. The summed E-state index contributed by atoms with van der Waals surface area (Å²) in [5.74, 6) is -0.722. The van der Waals surface area contributed by atoms with Gasteiger partial charge in [-0.3, -0.25) is 9.59 Å². The van der Waals surface area contributed by atoms with Crippen molar-refractivity contribution in [3.63, 3.8) is 0 Å². The summed E-state index contributed by atoms with van der Waals surface area (Å²) in [6.45, 7) is 0. The number of methoxy groups -OCH3 is 1. The normalized spacial score (nSPS) is 15.4. The predicted octanol–water partition coefficient (Wildman–Crippen LogP) is 3.80. The Labute approximate surface area is 153 Å². The number of hydrogen-bond donors (Lipinski definition) is 0. The van der Waals surface area contributed by atoms with Crippen LogP contribution in [0.15, 0.2) is 69.7 Å². The smallest absolute Gasteiger partial charge is 0.311 e. The first-order valence-corrected chi connectivity index (χ1v) is 8.40. The zero-order valence-electron chi connectivity index (χ0n) is 13.5. The molecular weight excluding hydrogens is 384 g/mol. The Kier molecular flexibility index (Phi) is 5.09. The van der Waals surface area contributed by atoms with E-state index >= 15 is 0 Å². The minimum absolute atomic E-state index is 0.0676. The summed E-state index contributed by atoms with van der Waals surface area (Å²) >= 11 is 3.47. The summed E-state index contributed by atoms with van der Waals surface area (Å²) < 4.78 is 5.58. The van der Waals surface area contributed by atoms with Crippen LogP contribution in [0.1, 0.15) is 12.0 Å². The largest absolute Gasteiger partial charge is 0.469 e. The fraction of sp³-hybridized carbons (Fsp3) is 0.105. The maximum absolute atomic E-state index is 12.9. The molecule has 1 amide bonds. The molecule has 1 aliphatic heterocycles. The van der Waals surface area contributed by atoms with Gasteiger partial charge in [0.1, 0.15) is 0 Å². The van der Waals surface area contributed by atoms with Gasteiger partial charge in [0, 0.05) is 4.47 Å². The third kappa shape index (κ3) is 3.69. The third-order valence-corrected chi connectivity index (χ3v) is 4.42. The summed E-state index contributed by atoms with van der Waals surface area (Å²) in [4.78, 5) is 24.6. The van der Waals surface area contributed by atoms with Crippen LogP contribution in [-0.2, 0) is 14.3 Å². The second kappa shape index (κ2) is 7.44. The highest BCUT2D eigenvalue weighted by Crippen LogP contribution is 2.27. The maximum atomic E-state index is 12.9. The summed E-state index contributed by atoms with van der Waals surface area (Å²) in [5, 5.41) is 5.66. The molecule has 1 aliphatic rings. The van der Waals surface area contributed by atoms with Crippen LogP contribution in [0.25, 0.3) is 6.08 Å². The van der Waals surface area contributed by atoms with Crippen LogP contribution in [0, 0.1) is 0 Å². The van der Waals surface area contributed by atoms with E-state index < -0.39 is 5.97 Å². The van der Waals surface area contributed by atoms with Crippen molar-refractivity contribution in [3.05, 3.63) is 70.2 Å². The molecule has 0 aliphatic carbocycles. The van der Waals surface area contributed by atoms with Crippen LogP contribution in [0.5, 0.6) is 0 Å². The maximum Gasteiger partial charge on any atom is 0.311 e. The van der Waals surface area contributed by atoms with Crippen molar-refractivity contribution in [3.8, 4) is 0 Å². The van der Waals surface area contributed by atoms with Gasteiger partial charge in [0.15, 0.2) is 0 Å². The third-order valence-electron chi connectivity index (χ3n) is 3.70. The number of amides is 1. The van der Waals surface area contributed by atoms with Gasteiger partial charge >= 0.3 is 5.97 Å². The average molecular weight is 399 g/mol. The minimum Gasteiger partial charge on any atom is -0.469 e. The van der Waals surface area contributed by atoms with Crippen LogP contribution in [0.4, 0.5) is 5.69 Å². The number of nitrogens with zero attached hydrogens (tertiary/aromatic N) is 2. The van der Waals surface area contributed by atoms with Gasteiger partial charge in [0.25, 0.3) is 5.91 Å². The molecule has 0 saturated heterocycles. The molecule has 3 rings (SSSR count). The van der Waals surface area contributed by atoms with E-state index in [1.165, 1.54) is 12.1 Å². The number of hydrazone groups is 1. The Morgan fingerprint density at radius 3 is 2.52 bits per heavy atom. The van der Waals surface area contributed by atoms with Crippen LogP contribution < -0.4 is 5.01 Å². The second-order valence-corrected chi connectivity index (χ2v) is 6.19. The number of esters is 1. The SMILES string of the molecule is COC(=O)CC1=NN(c2ccccc2)C(=O)/C1=C\c1ccccc1Br. The van der Waals surface area contributed by atoms with Gasteiger partial charge in [-0.1, -0.05) is 52.3 Å². The Balaban J connectivity index is 2.03. The lowest BCUT2D eigenvalue weighted by atomic mass is 10.0. The molecule has 0 unspecified atom stereocenters. The van der Waals surface area contributed by atoms with Crippen molar-refractivity contribution < 1.29 is 14.3 Å². The zero-order chi connectivity index (χ0) is 17.8. The van der Waals surface area contributed by atoms with Crippen molar-refractivity contribution in [2.45, 2.75) is 6.42 Å². The molecule has 1 heterocycles. The number of hydrogen-bond acceptors (Lipinski definition) is 4. The quantitative estimate of drug-likeness (QED) is 0.581. The van der Waals surface area contributed by atoms with E-state index in [4.69, 9.17) is 4.74 Å². The molecule has 2 aromatic carbocycles. The van der Waals surface area contributed by atoms with Gasteiger partial charge in [-0.05, 0) is 29.8 Å². The highest BCUT2D eigenvalue weighted by atomic mass is 79.9. The number of halogens is 1. The summed E-state index contributed by atoms with van der Waals surface area (Å²) in [7, 11) is 1.31. The van der Waals surface area contributed by atoms with Gasteiger partial charge in [-0.15, -0.1) is 0 Å². The number of rotatable bonds is 4. The lowest BCUT2D eigenvalue weighted by Crippen LogP contribution is -2.21. The average Bonchev–Trinajstić information content (AvgIpc) is 2.93. The first-order chi connectivity index (χ1) is 12.1. The summed E-state index contributed by atoms with van der Waals surface area (Å²) in [6.07, 6.45) is 1.67. The summed E-state index contributed by atoms with van der Waals surface area (Å²) in [5.41, 5.74) is 2.24. The standard InChI is InChI=1S/C19H15BrN2O3/c1-25-18(23)12-17-15(11-13-7-5-6-10-16(13)20)19(24)22(21-17)14-8-3-2-4-9-14/h2-11H,12H2,1H3/b15-11-. The van der Waals surface area contributed by atoms with E-state index in [-0.39, 0.29) is 12.3 Å². The molecule has 0 atom stereocenters. The number of ether oxygens (including phenoxy) is 1. The van der Waals surface area contributed by atoms with Gasteiger partial charge in [-0.25, -0.2) is 0 Å².